The van der Waals surface area contributed by atoms with Crippen molar-refractivity contribution in [3.63, 3.8) is 0 Å². The lowest BCUT2D eigenvalue weighted by Crippen LogP contribution is -2.12. The fraction of sp³-hybridized carbons (Fsp3) is 0.333. The zero-order chi connectivity index (χ0) is 7.78. The molecule has 7 heteroatoms. The first-order valence-electron chi connectivity index (χ1n) is 2.27. The molecule has 1 rings (SSSR count). The van der Waals surface area contributed by atoms with Gasteiger partial charge in [-0.15, -0.1) is 6.21 Å². The summed E-state index contributed by atoms with van der Waals surface area (Å²) >= 11 is 0. The second-order valence-electron chi connectivity index (χ2n) is 1.56. The average Bonchev–Trinajstić information content (AvgIpc) is 2.11. The third kappa shape index (κ3) is 1.36. The highest BCUT2D eigenvalue weighted by molar-refractivity contribution is 8.07. The molecule has 1 unspecified atom stereocenters. The van der Waals surface area contributed by atoms with Gasteiger partial charge in [-0.2, -0.15) is 0 Å². The molecule has 0 bridgehead atoms. The van der Waals surface area contributed by atoms with E-state index < -0.39 is 25.6 Å². The van der Waals surface area contributed by atoms with E-state index in [0.717, 1.165) is 0 Å². The van der Waals surface area contributed by atoms with E-state index in [-0.39, 0.29) is 5.75 Å². The number of nitrogens with zero attached hydrogens (tertiary/aromatic N) is 1. The Kier molecular flexibility index (Phi) is 1.80. The smallest absolute Gasteiger partial charge is 0.249 e. The van der Waals surface area contributed by atoms with Crippen molar-refractivity contribution in [2.24, 2.45) is 4.99 Å². The number of hydrogen-bond acceptors (Lipinski definition) is 4. The maximum Gasteiger partial charge on any atom is 0.249 e. The van der Waals surface area contributed by atoms with Gasteiger partial charge in [-0.25, -0.2) is 8.42 Å². The molecule has 0 spiro atoms. The van der Waals surface area contributed by atoms with Crippen molar-refractivity contribution < 1.29 is 17.2 Å². The van der Waals surface area contributed by atoms with Gasteiger partial charge in [-0.05, 0) is 16.6 Å². The van der Waals surface area contributed by atoms with E-state index in [0.29, 0.717) is 0 Å². The molecule has 0 aliphatic carbocycles. The second-order valence-corrected chi connectivity index (χ2v) is 4.57. The molecule has 0 aromatic carbocycles. The summed E-state index contributed by atoms with van der Waals surface area (Å²) in [5.74, 6) is 0.0646. The number of rotatable bonds is 1. The van der Waals surface area contributed by atoms with Crippen molar-refractivity contribution in [3.8, 4) is 0 Å². The molecule has 58 valence electrons. The summed E-state index contributed by atoms with van der Waals surface area (Å²) in [6.07, 6.45) is 1.19. The molecule has 0 fully saturated rings. The van der Waals surface area contributed by atoms with Crippen LogP contribution in [0.2, 0.25) is 0 Å². The van der Waals surface area contributed by atoms with E-state index in [1.165, 1.54) is 6.21 Å². The number of hydrogen-bond donors (Lipinski definition) is 1. The summed E-state index contributed by atoms with van der Waals surface area (Å²) < 4.78 is 38.8. The van der Waals surface area contributed by atoms with Crippen molar-refractivity contribution in [1.29, 1.82) is 0 Å². The predicted molar refractivity (Wildman–Crippen MR) is 36.3 cm³/mol. The molecule has 0 amide bonds. The zero-order valence-electron chi connectivity index (χ0n) is 4.72. The van der Waals surface area contributed by atoms with Gasteiger partial charge in [0.1, 0.15) is 0 Å². The van der Waals surface area contributed by atoms with E-state index >= 15 is 0 Å². The normalized spacial score (nSPS) is 25.7. The van der Waals surface area contributed by atoms with Crippen LogP contribution in [0.5, 0.6) is 0 Å². The second kappa shape index (κ2) is 2.33. The fourth-order valence-electron chi connectivity index (χ4n) is 0.494. The summed E-state index contributed by atoms with van der Waals surface area (Å²) in [5, 5.41) is 0. The Balaban J connectivity index is 2.95. The van der Waals surface area contributed by atoms with Gasteiger partial charge in [0.15, 0.2) is 0 Å². The van der Waals surface area contributed by atoms with E-state index in [2.05, 4.69) is 4.99 Å². The highest BCUT2D eigenvalue weighted by atomic mass is 32.3. The molecule has 0 radical (unpaired) electrons. The fourth-order valence-corrected chi connectivity index (χ4v) is 2.39. The largest absolute Gasteiger partial charge is 0.426 e. The van der Waals surface area contributed by atoms with Gasteiger partial charge in [-0.1, -0.05) is 0 Å². The van der Waals surface area contributed by atoms with Crippen LogP contribution >= 0.6 is 0 Å². The third-order valence-corrected chi connectivity index (χ3v) is 3.52. The molecule has 1 aliphatic heterocycles. The summed E-state index contributed by atoms with van der Waals surface area (Å²) in [6, 6.07) is 0. The Hall–Kier alpha value is -0.400. The van der Waals surface area contributed by atoms with E-state index in [1.807, 2.05) is 0 Å². The third-order valence-electron chi connectivity index (χ3n) is 0.838. The van der Waals surface area contributed by atoms with Gasteiger partial charge in [0.2, 0.25) is 10.1 Å². The molecule has 0 saturated carbocycles. The van der Waals surface area contributed by atoms with Gasteiger partial charge < -0.3 is 4.99 Å². The molecule has 1 aliphatic rings. The molecular weight excluding hydrogens is 178 g/mol. The van der Waals surface area contributed by atoms with Gasteiger partial charge in [0, 0.05) is 0 Å². The van der Waals surface area contributed by atoms with E-state index in [4.69, 9.17) is 4.55 Å². The molecule has 0 aromatic heterocycles. The Bertz CT molecular complexity index is 279. The van der Waals surface area contributed by atoms with Gasteiger partial charge in [0.05, 0.1) is 4.71 Å². The minimum Gasteiger partial charge on any atom is -0.426 e. The molecule has 1 heterocycles. The summed E-state index contributed by atoms with van der Waals surface area (Å²) in [6.45, 7) is 0. The molecule has 1 N–H and O–H groups in total. The van der Waals surface area contributed by atoms with Crippen LogP contribution in [0.1, 0.15) is 0 Å². The Morgan fingerprint density at radius 2 is 2.30 bits per heavy atom. The minimum atomic E-state index is -4.33. The van der Waals surface area contributed by atoms with Gasteiger partial charge in [-0.3, -0.25) is 8.76 Å². The highest BCUT2D eigenvalue weighted by Gasteiger charge is 2.20. The molecule has 0 aromatic rings. The van der Waals surface area contributed by atoms with Crippen molar-refractivity contribution >= 4 is 27.1 Å². The van der Waals surface area contributed by atoms with Crippen LogP contribution in [-0.2, 0) is 20.9 Å². The van der Waals surface area contributed by atoms with Crippen molar-refractivity contribution in [2.45, 2.75) is 0 Å². The summed E-state index contributed by atoms with van der Waals surface area (Å²) in [7, 11) is -6.01. The molecule has 5 nitrogen and oxygen atoms in total. The van der Waals surface area contributed by atoms with E-state index in [9.17, 15) is 12.6 Å². The first-order valence-corrected chi connectivity index (χ1v) is 5.03. The summed E-state index contributed by atoms with van der Waals surface area (Å²) in [5.41, 5.74) is 0. The van der Waals surface area contributed by atoms with Crippen molar-refractivity contribution in [1.82, 2.24) is 0 Å². The quantitative estimate of drug-likeness (QED) is 0.423. The lowest BCUT2D eigenvalue weighted by molar-refractivity contribution is 0.488. The predicted octanol–water partition coefficient (Wildman–Crippen LogP) is -0.846. The average molecular weight is 182 g/mol. The maximum atomic E-state index is 10.6. The minimum absolute atomic E-state index is 0.0646. The Labute approximate surface area is 60.4 Å². The number of aliphatic imine (C=N–C) groups is 1. The standard InChI is InChI=1S/C3H4NO4S2/c5-9-2-1-4-3(9)10(6,7)8/h1H,2H2,(H,6,7,8)/q-1. The summed E-state index contributed by atoms with van der Waals surface area (Å²) in [4.78, 5) is 3.24. The van der Waals surface area contributed by atoms with Crippen LogP contribution < -0.4 is 0 Å². The van der Waals surface area contributed by atoms with Crippen LogP contribution in [0.25, 0.3) is 0 Å². The van der Waals surface area contributed by atoms with Crippen LogP contribution in [0.3, 0.4) is 0 Å². The first-order chi connectivity index (χ1) is 4.52. The van der Waals surface area contributed by atoms with E-state index in [1.54, 1.807) is 0 Å². The van der Waals surface area contributed by atoms with Gasteiger partial charge in [0.25, 0.3) is 0 Å². The van der Waals surface area contributed by atoms with Crippen LogP contribution in [-0.4, -0.2) is 29.1 Å². The lowest BCUT2D eigenvalue weighted by Gasteiger charge is -2.08. The zero-order valence-corrected chi connectivity index (χ0v) is 6.35. The van der Waals surface area contributed by atoms with Crippen molar-refractivity contribution in [3.05, 3.63) is 4.71 Å². The molecule has 10 heavy (non-hydrogen) atoms. The van der Waals surface area contributed by atoms with Crippen LogP contribution in [0.4, 0.5) is 0 Å². The molecular formula is C3H4NO4S2-. The topological polar surface area (TPSA) is 83.8 Å². The SMILES string of the molecule is O=S1CC=N[C-]1S(=O)(=O)O. The van der Waals surface area contributed by atoms with Gasteiger partial charge >= 0.3 is 0 Å². The van der Waals surface area contributed by atoms with Crippen LogP contribution in [0.15, 0.2) is 4.99 Å². The molecule has 1 atom stereocenters. The first kappa shape index (κ1) is 7.70. The maximum absolute atomic E-state index is 10.6. The lowest BCUT2D eigenvalue weighted by atomic mass is 10.9. The monoisotopic (exact) mass is 182 g/mol. The molecule has 0 saturated heterocycles. The highest BCUT2D eigenvalue weighted by Crippen LogP contribution is 2.18. The Morgan fingerprint density at radius 3 is 2.50 bits per heavy atom. The van der Waals surface area contributed by atoms with Crippen LogP contribution in [0, 0.1) is 4.71 Å². The van der Waals surface area contributed by atoms with Crippen molar-refractivity contribution in [2.75, 3.05) is 5.75 Å². The Morgan fingerprint density at radius 1 is 1.70 bits per heavy atom.